The maximum absolute atomic E-state index is 6.06. The van der Waals surface area contributed by atoms with Crippen LogP contribution in [0.1, 0.15) is 12.5 Å². The number of nitrogens with zero attached hydrogens (tertiary/aromatic N) is 2. The van der Waals surface area contributed by atoms with Gasteiger partial charge in [0, 0.05) is 21.0 Å². The lowest BCUT2D eigenvalue weighted by molar-refractivity contribution is 1.27. The maximum Gasteiger partial charge on any atom is 0.203 e. The van der Waals surface area contributed by atoms with Crippen molar-refractivity contribution in [1.29, 1.82) is 0 Å². The molecule has 1 N–H and O–H groups in total. The minimum Gasteiger partial charge on any atom is -0.252 e. The van der Waals surface area contributed by atoms with Gasteiger partial charge in [0.25, 0.3) is 0 Å². The molecule has 0 radical (unpaired) electrons. The number of benzene rings is 2. The second-order valence-corrected chi connectivity index (χ2v) is 7.48. The molecule has 0 aliphatic rings. The first-order chi connectivity index (χ1) is 11.5. The van der Waals surface area contributed by atoms with Crippen LogP contribution in [0.4, 0.5) is 5.13 Å². The summed E-state index contributed by atoms with van der Waals surface area (Å²) >= 11 is 17.0. The fraction of sp³-hybridized carbons (Fsp3) is 0.0588. The van der Waals surface area contributed by atoms with Gasteiger partial charge >= 0.3 is 0 Å². The van der Waals surface area contributed by atoms with Crippen LogP contribution in [-0.4, -0.2) is 10.7 Å². The van der Waals surface area contributed by atoms with E-state index < -0.39 is 0 Å². The van der Waals surface area contributed by atoms with Crippen LogP contribution in [0, 0.1) is 0 Å². The molecule has 0 saturated heterocycles. The molecule has 24 heavy (non-hydrogen) atoms. The van der Waals surface area contributed by atoms with Gasteiger partial charge in [-0.3, -0.25) is 5.43 Å². The Morgan fingerprint density at radius 1 is 1.17 bits per heavy atom. The first-order valence-electron chi connectivity index (χ1n) is 7.01. The Labute approximate surface area is 162 Å². The number of hydrogen-bond donors (Lipinski definition) is 1. The average molecular weight is 441 g/mol. The molecule has 122 valence electrons. The molecule has 2 aromatic carbocycles. The standard InChI is InChI=1S/C17H12BrCl2N3S/c1-10(12-4-2-3-5-13(12)18)22-23-17-21-16(9-24-17)11-6-7-14(19)15(20)8-11/h2-9H,1H3,(H,21,23)/b22-10+. The summed E-state index contributed by atoms with van der Waals surface area (Å²) in [5.74, 6) is 0. The highest BCUT2D eigenvalue weighted by molar-refractivity contribution is 9.10. The Morgan fingerprint density at radius 3 is 2.71 bits per heavy atom. The van der Waals surface area contributed by atoms with Crippen molar-refractivity contribution in [1.82, 2.24) is 4.98 Å². The summed E-state index contributed by atoms with van der Waals surface area (Å²) in [6.07, 6.45) is 0. The quantitative estimate of drug-likeness (QED) is 0.361. The van der Waals surface area contributed by atoms with Crippen LogP contribution in [0.25, 0.3) is 11.3 Å². The molecule has 0 aliphatic heterocycles. The lowest BCUT2D eigenvalue weighted by Gasteiger charge is -2.03. The van der Waals surface area contributed by atoms with Gasteiger partial charge in [-0.2, -0.15) is 5.10 Å². The van der Waals surface area contributed by atoms with Gasteiger partial charge in [-0.15, -0.1) is 11.3 Å². The number of rotatable bonds is 4. The fourth-order valence-electron chi connectivity index (χ4n) is 2.06. The van der Waals surface area contributed by atoms with Gasteiger partial charge in [0.1, 0.15) is 0 Å². The largest absolute Gasteiger partial charge is 0.252 e. The molecule has 0 atom stereocenters. The smallest absolute Gasteiger partial charge is 0.203 e. The van der Waals surface area contributed by atoms with Crippen molar-refractivity contribution in [3.63, 3.8) is 0 Å². The van der Waals surface area contributed by atoms with E-state index >= 15 is 0 Å². The highest BCUT2D eigenvalue weighted by atomic mass is 79.9. The van der Waals surface area contributed by atoms with Crippen LogP contribution in [0.15, 0.2) is 57.4 Å². The Morgan fingerprint density at radius 2 is 1.96 bits per heavy atom. The maximum atomic E-state index is 6.06. The number of nitrogens with one attached hydrogen (secondary N) is 1. The van der Waals surface area contributed by atoms with E-state index in [-0.39, 0.29) is 0 Å². The van der Waals surface area contributed by atoms with Crippen LogP contribution in [-0.2, 0) is 0 Å². The van der Waals surface area contributed by atoms with Gasteiger partial charge < -0.3 is 0 Å². The van der Waals surface area contributed by atoms with Gasteiger partial charge in [0.2, 0.25) is 5.13 Å². The molecule has 1 heterocycles. The number of hydrogen-bond acceptors (Lipinski definition) is 4. The van der Waals surface area contributed by atoms with E-state index in [1.54, 1.807) is 12.1 Å². The zero-order valence-corrected chi connectivity index (χ0v) is 16.5. The van der Waals surface area contributed by atoms with E-state index in [0.29, 0.717) is 15.2 Å². The van der Waals surface area contributed by atoms with Crippen LogP contribution in [0.5, 0.6) is 0 Å². The van der Waals surface area contributed by atoms with E-state index in [2.05, 4.69) is 31.4 Å². The van der Waals surface area contributed by atoms with E-state index in [0.717, 1.165) is 27.0 Å². The number of anilines is 1. The predicted molar refractivity (Wildman–Crippen MR) is 108 cm³/mol. The van der Waals surface area contributed by atoms with Crippen molar-refractivity contribution in [3.8, 4) is 11.3 Å². The molecule has 3 aromatic rings. The molecule has 0 amide bonds. The highest BCUT2D eigenvalue weighted by Gasteiger charge is 2.07. The lowest BCUT2D eigenvalue weighted by Crippen LogP contribution is -2.00. The minimum absolute atomic E-state index is 0.513. The summed E-state index contributed by atoms with van der Waals surface area (Å²) in [5, 5.41) is 8.11. The van der Waals surface area contributed by atoms with Crippen molar-refractivity contribution in [2.24, 2.45) is 5.10 Å². The third-order valence-electron chi connectivity index (χ3n) is 3.30. The zero-order valence-electron chi connectivity index (χ0n) is 12.6. The molecule has 0 bridgehead atoms. The summed E-state index contributed by atoms with van der Waals surface area (Å²) in [7, 11) is 0. The van der Waals surface area contributed by atoms with Gasteiger partial charge in [-0.25, -0.2) is 4.98 Å². The molecule has 0 saturated carbocycles. The molecule has 3 nitrogen and oxygen atoms in total. The van der Waals surface area contributed by atoms with Crippen LogP contribution < -0.4 is 5.43 Å². The van der Waals surface area contributed by atoms with Crippen LogP contribution >= 0.6 is 50.5 Å². The molecule has 0 aliphatic carbocycles. The highest BCUT2D eigenvalue weighted by Crippen LogP contribution is 2.30. The Bertz CT molecular complexity index is 908. The molecule has 0 spiro atoms. The summed E-state index contributed by atoms with van der Waals surface area (Å²) in [4.78, 5) is 4.53. The Kier molecular flexibility index (Phi) is 5.56. The summed E-state index contributed by atoms with van der Waals surface area (Å²) in [6.45, 7) is 1.95. The van der Waals surface area contributed by atoms with E-state index in [1.165, 1.54) is 11.3 Å². The van der Waals surface area contributed by atoms with Gasteiger partial charge in [-0.05, 0) is 25.1 Å². The molecule has 0 fully saturated rings. The topological polar surface area (TPSA) is 37.3 Å². The molecular formula is C17H12BrCl2N3S. The van der Waals surface area contributed by atoms with Gasteiger partial charge in [0.05, 0.1) is 21.5 Å². The minimum atomic E-state index is 0.513. The molecule has 3 rings (SSSR count). The number of aromatic nitrogens is 1. The monoisotopic (exact) mass is 439 g/mol. The van der Waals surface area contributed by atoms with Crippen molar-refractivity contribution in [2.45, 2.75) is 6.92 Å². The lowest BCUT2D eigenvalue weighted by atomic mass is 10.1. The zero-order chi connectivity index (χ0) is 17.1. The van der Waals surface area contributed by atoms with Gasteiger partial charge in [-0.1, -0.05) is 63.4 Å². The number of halogens is 3. The molecule has 1 aromatic heterocycles. The predicted octanol–water partition coefficient (Wildman–Crippen LogP) is 6.72. The first kappa shape index (κ1) is 17.4. The van der Waals surface area contributed by atoms with Crippen molar-refractivity contribution < 1.29 is 0 Å². The van der Waals surface area contributed by atoms with Crippen LogP contribution in [0.2, 0.25) is 10.0 Å². The number of hydrazone groups is 1. The van der Waals surface area contributed by atoms with Gasteiger partial charge in [0.15, 0.2) is 0 Å². The summed E-state index contributed by atoms with van der Waals surface area (Å²) in [6, 6.07) is 13.4. The second-order valence-electron chi connectivity index (χ2n) is 4.96. The SMILES string of the molecule is C/C(=N\Nc1nc(-c2ccc(Cl)c(Cl)c2)cs1)c1ccccc1Br. The summed E-state index contributed by atoms with van der Waals surface area (Å²) < 4.78 is 1.00. The average Bonchev–Trinajstić information content (AvgIpc) is 3.04. The molecule has 0 unspecified atom stereocenters. The van der Waals surface area contributed by atoms with Crippen molar-refractivity contribution in [3.05, 3.63) is 67.9 Å². The Hall–Kier alpha value is -1.40. The van der Waals surface area contributed by atoms with Crippen molar-refractivity contribution in [2.75, 3.05) is 5.43 Å². The first-order valence-corrected chi connectivity index (χ1v) is 9.43. The Balaban J connectivity index is 1.78. The van der Waals surface area contributed by atoms with E-state index in [9.17, 15) is 0 Å². The summed E-state index contributed by atoms with van der Waals surface area (Å²) in [5.41, 5.74) is 6.65. The normalized spacial score (nSPS) is 11.6. The van der Waals surface area contributed by atoms with Crippen molar-refractivity contribution >= 4 is 61.3 Å². The third-order valence-corrected chi connectivity index (χ3v) is 5.48. The molecular weight excluding hydrogens is 429 g/mol. The fourth-order valence-corrected chi connectivity index (χ4v) is 3.59. The molecule has 7 heteroatoms. The third kappa shape index (κ3) is 3.98. The van der Waals surface area contributed by atoms with Crippen LogP contribution in [0.3, 0.4) is 0 Å². The second kappa shape index (κ2) is 7.66. The van der Waals surface area contributed by atoms with E-state index in [1.807, 2.05) is 42.6 Å². The van der Waals surface area contributed by atoms with E-state index in [4.69, 9.17) is 23.2 Å². The number of thiazole rings is 1.